The lowest BCUT2D eigenvalue weighted by molar-refractivity contribution is -0.385. The molecule has 0 fully saturated rings. The highest BCUT2D eigenvalue weighted by molar-refractivity contribution is 6.23. The molecule has 2 aromatic carbocycles. The minimum Gasteiger partial charge on any atom is -0.269 e. The molecule has 0 unspecified atom stereocenters. The average molecular weight is 406 g/mol. The summed E-state index contributed by atoms with van der Waals surface area (Å²) in [6.45, 7) is -0.0694. The van der Waals surface area contributed by atoms with E-state index in [1.807, 2.05) is 0 Å². The molecule has 0 spiro atoms. The summed E-state index contributed by atoms with van der Waals surface area (Å²) in [6, 6.07) is 9.97. The van der Waals surface area contributed by atoms with Gasteiger partial charge in [0.2, 0.25) is 0 Å². The van der Waals surface area contributed by atoms with E-state index in [-0.39, 0.29) is 29.2 Å². The number of imide groups is 1. The molecule has 0 bridgehead atoms. The van der Waals surface area contributed by atoms with Gasteiger partial charge in [0.1, 0.15) is 11.4 Å². The molecule has 2 heterocycles. The van der Waals surface area contributed by atoms with Crippen molar-refractivity contribution in [2.45, 2.75) is 25.8 Å². The van der Waals surface area contributed by atoms with Crippen molar-refractivity contribution in [1.29, 1.82) is 0 Å². The Morgan fingerprint density at radius 1 is 1.07 bits per heavy atom. The predicted octanol–water partition coefficient (Wildman–Crippen LogP) is 3.20. The molecule has 1 aromatic heterocycles. The molecule has 150 valence electrons. The van der Waals surface area contributed by atoms with Gasteiger partial charge < -0.3 is 0 Å². The van der Waals surface area contributed by atoms with Gasteiger partial charge in [-0.1, -0.05) is 6.07 Å². The van der Waals surface area contributed by atoms with Crippen molar-refractivity contribution in [1.82, 2.24) is 14.7 Å². The van der Waals surface area contributed by atoms with Crippen LogP contribution in [-0.4, -0.2) is 31.4 Å². The highest BCUT2D eigenvalue weighted by atomic mass is 19.1. The van der Waals surface area contributed by atoms with Crippen LogP contribution in [0.5, 0.6) is 0 Å². The molecule has 0 atom stereocenters. The SMILES string of the molecule is O=C1c2cccc([N+](=O)[O-])c2C(=O)N1Cc1nn(-c2ccc(F)cc2)c2c1CCC2. The zero-order valence-corrected chi connectivity index (χ0v) is 15.7. The third-order valence-corrected chi connectivity index (χ3v) is 5.57. The van der Waals surface area contributed by atoms with Crippen molar-refractivity contribution in [2.24, 2.45) is 0 Å². The number of amides is 2. The number of rotatable bonds is 4. The number of benzene rings is 2. The van der Waals surface area contributed by atoms with Crippen LogP contribution in [0.3, 0.4) is 0 Å². The molecule has 1 aliphatic carbocycles. The van der Waals surface area contributed by atoms with Gasteiger partial charge in [-0.2, -0.15) is 5.10 Å². The monoisotopic (exact) mass is 406 g/mol. The predicted molar refractivity (Wildman–Crippen MR) is 103 cm³/mol. The summed E-state index contributed by atoms with van der Waals surface area (Å²) in [7, 11) is 0. The Bertz CT molecular complexity index is 1230. The van der Waals surface area contributed by atoms with Crippen LogP contribution in [0.4, 0.5) is 10.1 Å². The van der Waals surface area contributed by atoms with Gasteiger partial charge in [0.15, 0.2) is 0 Å². The lowest BCUT2D eigenvalue weighted by Crippen LogP contribution is -2.29. The third kappa shape index (κ3) is 2.62. The van der Waals surface area contributed by atoms with Crippen LogP contribution < -0.4 is 0 Å². The fraction of sp³-hybridized carbons (Fsp3) is 0.190. The van der Waals surface area contributed by atoms with Gasteiger partial charge >= 0.3 is 0 Å². The number of carbonyl (C=O) groups excluding carboxylic acids is 2. The van der Waals surface area contributed by atoms with E-state index in [0.29, 0.717) is 11.4 Å². The zero-order valence-electron chi connectivity index (χ0n) is 15.7. The first-order valence-corrected chi connectivity index (χ1v) is 9.45. The summed E-state index contributed by atoms with van der Waals surface area (Å²) >= 11 is 0. The van der Waals surface area contributed by atoms with Gasteiger partial charge in [-0.05, 0) is 55.2 Å². The van der Waals surface area contributed by atoms with Crippen LogP contribution in [0.1, 0.15) is 44.1 Å². The van der Waals surface area contributed by atoms with Gasteiger partial charge in [0.25, 0.3) is 17.5 Å². The Labute approximate surface area is 169 Å². The van der Waals surface area contributed by atoms with E-state index in [1.54, 1.807) is 16.8 Å². The molecule has 30 heavy (non-hydrogen) atoms. The van der Waals surface area contributed by atoms with Gasteiger partial charge in [-0.25, -0.2) is 9.07 Å². The number of nitrogens with zero attached hydrogens (tertiary/aromatic N) is 4. The summed E-state index contributed by atoms with van der Waals surface area (Å²) in [5, 5.41) is 15.9. The fourth-order valence-electron chi connectivity index (χ4n) is 4.20. The number of carbonyl (C=O) groups is 2. The standard InChI is InChI=1S/C21H15FN4O4/c22-12-7-9-13(10-8-12)25-17-5-1-3-14(17)16(23-25)11-24-20(27)15-4-2-6-18(26(29)30)19(15)21(24)28/h2,4,6-10H,1,3,5,11H2. The van der Waals surface area contributed by atoms with Gasteiger partial charge in [-0.15, -0.1) is 0 Å². The first-order valence-electron chi connectivity index (χ1n) is 9.45. The van der Waals surface area contributed by atoms with Crippen molar-refractivity contribution in [3.63, 3.8) is 0 Å². The molecule has 0 saturated heterocycles. The molecule has 9 heteroatoms. The number of aromatic nitrogens is 2. The highest BCUT2D eigenvalue weighted by Crippen LogP contribution is 2.34. The van der Waals surface area contributed by atoms with E-state index in [4.69, 9.17) is 0 Å². The Balaban J connectivity index is 1.53. The second kappa shape index (κ2) is 6.58. The summed E-state index contributed by atoms with van der Waals surface area (Å²) < 4.78 is 15.0. The molecule has 0 saturated carbocycles. The summed E-state index contributed by atoms with van der Waals surface area (Å²) in [6.07, 6.45) is 2.46. The second-order valence-electron chi connectivity index (χ2n) is 7.27. The molecule has 1 aliphatic heterocycles. The fourth-order valence-corrected chi connectivity index (χ4v) is 4.20. The van der Waals surface area contributed by atoms with E-state index in [0.717, 1.165) is 35.4 Å². The van der Waals surface area contributed by atoms with Crippen LogP contribution in [0, 0.1) is 15.9 Å². The number of halogens is 1. The molecular formula is C21H15FN4O4. The lowest BCUT2D eigenvalue weighted by Gasteiger charge is -2.12. The second-order valence-corrected chi connectivity index (χ2v) is 7.27. The maximum absolute atomic E-state index is 13.3. The Morgan fingerprint density at radius 2 is 1.83 bits per heavy atom. The van der Waals surface area contributed by atoms with E-state index >= 15 is 0 Å². The minimum absolute atomic E-state index is 0.0313. The van der Waals surface area contributed by atoms with Crippen molar-refractivity contribution < 1.29 is 18.9 Å². The Morgan fingerprint density at radius 3 is 2.57 bits per heavy atom. The van der Waals surface area contributed by atoms with E-state index in [1.165, 1.54) is 30.3 Å². The van der Waals surface area contributed by atoms with Crippen molar-refractivity contribution >= 4 is 17.5 Å². The quantitative estimate of drug-likeness (QED) is 0.376. The first kappa shape index (κ1) is 18.2. The molecule has 2 amide bonds. The first-order chi connectivity index (χ1) is 14.5. The number of hydrogen-bond acceptors (Lipinski definition) is 5. The van der Waals surface area contributed by atoms with Gasteiger partial charge in [0, 0.05) is 11.8 Å². The van der Waals surface area contributed by atoms with E-state index < -0.39 is 16.7 Å². The van der Waals surface area contributed by atoms with Gasteiger partial charge in [-0.3, -0.25) is 24.6 Å². The molecule has 3 aromatic rings. The number of nitro benzene ring substituents is 1. The third-order valence-electron chi connectivity index (χ3n) is 5.57. The topological polar surface area (TPSA) is 98.3 Å². The number of fused-ring (bicyclic) bond motifs is 2. The van der Waals surface area contributed by atoms with Crippen molar-refractivity contribution in [3.8, 4) is 5.69 Å². The van der Waals surface area contributed by atoms with Gasteiger partial charge in [0.05, 0.1) is 28.4 Å². The molecule has 2 aliphatic rings. The zero-order chi connectivity index (χ0) is 21.0. The number of hydrogen-bond donors (Lipinski definition) is 0. The summed E-state index contributed by atoms with van der Waals surface area (Å²) in [5.74, 6) is -1.61. The normalized spacial score (nSPS) is 14.9. The largest absolute Gasteiger partial charge is 0.282 e. The summed E-state index contributed by atoms with van der Waals surface area (Å²) in [5.41, 5.74) is 2.67. The lowest BCUT2D eigenvalue weighted by atomic mass is 10.1. The molecule has 0 N–H and O–H groups in total. The molecule has 5 rings (SSSR count). The van der Waals surface area contributed by atoms with Crippen molar-refractivity contribution in [2.75, 3.05) is 0 Å². The Kier molecular flexibility index (Phi) is 3.99. The van der Waals surface area contributed by atoms with E-state index in [2.05, 4.69) is 5.10 Å². The maximum atomic E-state index is 13.3. The minimum atomic E-state index is -0.689. The van der Waals surface area contributed by atoms with Crippen LogP contribution in [0.2, 0.25) is 0 Å². The smallest absolute Gasteiger partial charge is 0.269 e. The molecular weight excluding hydrogens is 391 g/mol. The molecule has 0 radical (unpaired) electrons. The highest BCUT2D eigenvalue weighted by Gasteiger charge is 2.41. The van der Waals surface area contributed by atoms with Crippen LogP contribution in [-0.2, 0) is 19.4 Å². The maximum Gasteiger partial charge on any atom is 0.282 e. The van der Waals surface area contributed by atoms with Crippen LogP contribution >= 0.6 is 0 Å². The van der Waals surface area contributed by atoms with Crippen LogP contribution in [0.15, 0.2) is 42.5 Å². The number of nitro groups is 1. The average Bonchev–Trinajstić information content (AvgIpc) is 3.40. The van der Waals surface area contributed by atoms with E-state index in [9.17, 15) is 24.1 Å². The van der Waals surface area contributed by atoms with Crippen molar-refractivity contribution in [3.05, 3.63) is 86.5 Å². The van der Waals surface area contributed by atoms with Crippen LogP contribution in [0.25, 0.3) is 5.69 Å². The summed E-state index contributed by atoms with van der Waals surface area (Å²) in [4.78, 5) is 37.3. The molecule has 8 nitrogen and oxygen atoms in total. The Hall–Kier alpha value is -3.88.